The minimum absolute atomic E-state index is 0.00590. The molecule has 2 aromatic carbocycles. The van der Waals surface area contributed by atoms with E-state index < -0.39 is 21.8 Å². The summed E-state index contributed by atoms with van der Waals surface area (Å²) < 4.78 is 32.5. The molecular formula is C28H32BrN5O5S. The number of amides is 2. The molecule has 1 aromatic heterocycles. The van der Waals surface area contributed by atoms with Crippen molar-refractivity contribution in [1.29, 1.82) is 0 Å². The Labute approximate surface area is 241 Å². The van der Waals surface area contributed by atoms with E-state index in [0.717, 1.165) is 5.56 Å². The molecule has 212 valence electrons. The number of sulfonamides is 1. The van der Waals surface area contributed by atoms with Crippen LogP contribution in [0.1, 0.15) is 37.4 Å². The molecule has 3 heterocycles. The zero-order valence-corrected chi connectivity index (χ0v) is 25.1. The molecule has 12 heteroatoms. The average Bonchev–Trinajstić information content (AvgIpc) is 3.46. The van der Waals surface area contributed by atoms with Gasteiger partial charge in [0, 0.05) is 43.3 Å². The third-order valence-corrected chi connectivity index (χ3v) is 10.6. The lowest BCUT2D eigenvalue weighted by Crippen LogP contribution is -2.44. The minimum Gasteiger partial charge on any atom is -0.320 e. The van der Waals surface area contributed by atoms with Crippen molar-refractivity contribution in [1.82, 2.24) is 13.7 Å². The number of aromatic nitrogens is 2. The summed E-state index contributed by atoms with van der Waals surface area (Å²) in [6, 6.07) is 12.5. The molecule has 2 aliphatic rings. The minimum atomic E-state index is -3.97. The van der Waals surface area contributed by atoms with Crippen LogP contribution in [0.3, 0.4) is 0 Å². The smallest absolute Gasteiger partial charge is 0.295 e. The molecule has 1 saturated heterocycles. The second-order valence-corrected chi connectivity index (χ2v) is 12.9. The number of halogens is 1. The first-order valence-corrected chi connectivity index (χ1v) is 15.6. The van der Waals surface area contributed by atoms with E-state index in [1.165, 1.54) is 8.99 Å². The van der Waals surface area contributed by atoms with Crippen LogP contribution in [0, 0.1) is 12.8 Å². The highest BCUT2D eigenvalue weighted by molar-refractivity contribution is 9.10. The molecule has 1 N–H and O–H groups in total. The SMILES string of the molecule is CCC(=O)N1CCc2cc(Br)c(S(=O)(=O)N3CCC[C@@H](C(=O)Nc4c(C)n(C)n(-c5ccccc5)c4=O)C3)cc21. The van der Waals surface area contributed by atoms with Gasteiger partial charge in [-0.05, 0) is 71.9 Å². The number of nitrogens with zero attached hydrogens (tertiary/aromatic N) is 4. The van der Waals surface area contributed by atoms with Gasteiger partial charge in [-0.3, -0.25) is 19.1 Å². The topological polar surface area (TPSA) is 114 Å². The zero-order chi connectivity index (χ0) is 28.8. The molecule has 10 nitrogen and oxygen atoms in total. The van der Waals surface area contributed by atoms with E-state index in [1.807, 2.05) is 30.3 Å². The van der Waals surface area contributed by atoms with E-state index in [-0.39, 0.29) is 35.1 Å². The summed E-state index contributed by atoms with van der Waals surface area (Å²) in [4.78, 5) is 40.8. The van der Waals surface area contributed by atoms with Gasteiger partial charge in [0.15, 0.2) is 0 Å². The first kappa shape index (κ1) is 28.3. The highest BCUT2D eigenvalue weighted by Crippen LogP contribution is 2.37. The average molecular weight is 631 g/mol. The second-order valence-electron chi connectivity index (χ2n) is 10.2. The van der Waals surface area contributed by atoms with Gasteiger partial charge in [0.05, 0.1) is 22.2 Å². The van der Waals surface area contributed by atoms with Crippen LogP contribution in [0.15, 0.2) is 56.6 Å². The van der Waals surface area contributed by atoms with Gasteiger partial charge in [0.2, 0.25) is 21.8 Å². The van der Waals surface area contributed by atoms with Gasteiger partial charge in [0.25, 0.3) is 5.56 Å². The number of hydrogen-bond donors (Lipinski definition) is 1. The Morgan fingerprint density at radius 1 is 1.12 bits per heavy atom. The number of benzene rings is 2. The maximum Gasteiger partial charge on any atom is 0.295 e. The van der Waals surface area contributed by atoms with Crippen LogP contribution in [-0.4, -0.2) is 53.5 Å². The molecule has 3 aromatic rings. The van der Waals surface area contributed by atoms with Crippen molar-refractivity contribution in [3.05, 3.63) is 68.5 Å². The first-order chi connectivity index (χ1) is 19.0. The number of hydrogen-bond acceptors (Lipinski definition) is 5. The molecule has 40 heavy (non-hydrogen) atoms. The fraction of sp³-hybridized carbons (Fsp3) is 0.393. The molecule has 1 atom stereocenters. The van der Waals surface area contributed by atoms with Crippen LogP contribution in [0.4, 0.5) is 11.4 Å². The number of carbonyl (C=O) groups is 2. The zero-order valence-electron chi connectivity index (χ0n) is 22.7. The number of piperidine rings is 1. The number of anilines is 2. The summed E-state index contributed by atoms with van der Waals surface area (Å²) in [6.45, 7) is 4.33. The van der Waals surface area contributed by atoms with E-state index in [2.05, 4.69) is 21.2 Å². The first-order valence-electron chi connectivity index (χ1n) is 13.3. The number of fused-ring (bicyclic) bond motifs is 1. The van der Waals surface area contributed by atoms with Gasteiger partial charge in [-0.15, -0.1) is 0 Å². The fourth-order valence-electron chi connectivity index (χ4n) is 5.49. The predicted molar refractivity (Wildman–Crippen MR) is 156 cm³/mol. The van der Waals surface area contributed by atoms with Gasteiger partial charge in [-0.1, -0.05) is 25.1 Å². The van der Waals surface area contributed by atoms with Gasteiger partial charge in [0.1, 0.15) is 5.69 Å². The van der Waals surface area contributed by atoms with Crippen LogP contribution < -0.4 is 15.8 Å². The lowest BCUT2D eigenvalue weighted by molar-refractivity contribution is -0.121. The summed E-state index contributed by atoms with van der Waals surface area (Å²) in [7, 11) is -2.22. The lowest BCUT2D eigenvalue weighted by atomic mass is 9.99. The van der Waals surface area contributed by atoms with Crippen LogP contribution in [-0.2, 0) is 33.1 Å². The Balaban J connectivity index is 1.38. The second kappa shape index (κ2) is 11.0. The van der Waals surface area contributed by atoms with E-state index in [4.69, 9.17) is 0 Å². The fourth-order valence-corrected chi connectivity index (χ4v) is 8.08. The Morgan fingerprint density at radius 3 is 2.55 bits per heavy atom. The molecule has 2 aliphatic heterocycles. The van der Waals surface area contributed by atoms with Crippen molar-refractivity contribution in [3.8, 4) is 5.69 Å². The summed E-state index contributed by atoms with van der Waals surface area (Å²) in [5, 5.41) is 2.79. The summed E-state index contributed by atoms with van der Waals surface area (Å²) in [6.07, 6.45) is 2.00. The van der Waals surface area contributed by atoms with E-state index >= 15 is 0 Å². The summed E-state index contributed by atoms with van der Waals surface area (Å²) >= 11 is 3.43. The van der Waals surface area contributed by atoms with Crippen molar-refractivity contribution in [2.24, 2.45) is 13.0 Å². The molecule has 0 radical (unpaired) electrons. The van der Waals surface area contributed by atoms with E-state index in [1.54, 1.807) is 42.6 Å². The number of nitrogens with one attached hydrogen (secondary N) is 1. The van der Waals surface area contributed by atoms with Crippen LogP contribution >= 0.6 is 15.9 Å². The molecule has 0 spiro atoms. The van der Waals surface area contributed by atoms with Gasteiger partial charge < -0.3 is 10.2 Å². The van der Waals surface area contributed by atoms with Crippen molar-refractivity contribution in [2.75, 3.05) is 29.9 Å². The van der Waals surface area contributed by atoms with Crippen LogP contribution in [0.2, 0.25) is 0 Å². The maximum absolute atomic E-state index is 13.8. The number of rotatable bonds is 6. The predicted octanol–water partition coefficient (Wildman–Crippen LogP) is 3.59. The molecule has 0 unspecified atom stereocenters. The standard InChI is InChI=1S/C28H32BrN5O5S/c1-4-25(35)33-14-12-19-15-22(29)24(16-23(19)33)40(38,39)32-13-8-9-20(17-32)27(36)30-26-18(2)31(3)34(28(26)37)21-10-6-5-7-11-21/h5-7,10-11,15-16,20H,4,8-9,12-14,17H2,1-3H3,(H,30,36)/t20-/m1/s1. The van der Waals surface area contributed by atoms with E-state index in [9.17, 15) is 22.8 Å². The highest BCUT2D eigenvalue weighted by atomic mass is 79.9. The summed E-state index contributed by atoms with van der Waals surface area (Å²) in [5.74, 6) is -1.07. The van der Waals surface area contributed by atoms with E-state index in [0.29, 0.717) is 53.8 Å². The lowest BCUT2D eigenvalue weighted by Gasteiger charge is -2.31. The Bertz CT molecular complexity index is 1650. The third-order valence-electron chi connectivity index (χ3n) is 7.81. The van der Waals surface area contributed by atoms with Crippen molar-refractivity contribution >= 4 is 49.1 Å². The molecule has 0 saturated carbocycles. The maximum atomic E-state index is 13.8. The highest BCUT2D eigenvalue weighted by Gasteiger charge is 2.36. The number of para-hydroxylation sites is 1. The molecule has 0 aliphatic carbocycles. The van der Waals surface area contributed by atoms with Crippen LogP contribution in [0.25, 0.3) is 5.69 Å². The molecular weight excluding hydrogens is 598 g/mol. The quantitative estimate of drug-likeness (QED) is 0.448. The van der Waals surface area contributed by atoms with Gasteiger partial charge >= 0.3 is 0 Å². The third kappa shape index (κ3) is 4.92. The summed E-state index contributed by atoms with van der Waals surface area (Å²) in [5.41, 5.74) is 2.63. The molecule has 0 bridgehead atoms. The monoisotopic (exact) mass is 629 g/mol. The molecule has 2 amide bonds. The largest absolute Gasteiger partial charge is 0.320 e. The van der Waals surface area contributed by atoms with Crippen molar-refractivity contribution in [2.45, 2.75) is 44.4 Å². The molecule has 5 rings (SSSR count). The molecule has 1 fully saturated rings. The van der Waals surface area contributed by atoms with Crippen LogP contribution in [0.5, 0.6) is 0 Å². The van der Waals surface area contributed by atoms with Gasteiger partial charge in [-0.25, -0.2) is 13.1 Å². The van der Waals surface area contributed by atoms with Gasteiger partial charge in [-0.2, -0.15) is 4.31 Å². The normalized spacial score (nSPS) is 17.6. The Hall–Kier alpha value is -3.22. The number of carbonyl (C=O) groups excluding carboxylic acids is 2. The van der Waals surface area contributed by atoms with Crippen molar-refractivity contribution < 1.29 is 18.0 Å². The Morgan fingerprint density at radius 2 is 1.85 bits per heavy atom. The Kier molecular flexibility index (Phi) is 7.77. The van der Waals surface area contributed by atoms with Crippen molar-refractivity contribution in [3.63, 3.8) is 0 Å².